The fourth-order valence-electron chi connectivity index (χ4n) is 0.139. The van der Waals surface area contributed by atoms with Crippen molar-refractivity contribution in [3.63, 3.8) is 0 Å². The van der Waals surface area contributed by atoms with E-state index >= 15 is 0 Å². The van der Waals surface area contributed by atoms with E-state index in [1.807, 2.05) is 0 Å². The molecule has 0 unspecified atom stereocenters. The predicted octanol–water partition coefficient (Wildman–Crippen LogP) is -0.970. The molecule has 0 atom stereocenters. The monoisotopic (exact) mass is 267 g/mol. The SMILES string of the molecule is O=P(O)(O)OP(=O)(O)O.[Cu].[H-].[H-].[Mg+2]. The molecule has 71 valence electrons. The third-order valence-corrected chi connectivity index (χ3v) is 1.91. The molecule has 0 bridgehead atoms. The van der Waals surface area contributed by atoms with Gasteiger partial charge in [0.25, 0.3) is 0 Å². The van der Waals surface area contributed by atoms with Crippen molar-refractivity contribution in [2.24, 2.45) is 0 Å². The molecule has 1 radical (unpaired) electrons. The van der Waals surface area contributed by atoms with Crippen LogP contribution in [0.5, 0.6) is 0 Å². The van der Waals surface area contributed by atoms with Gasteiger partial charge in [0.1, 0.15) is 0 Å². The van der Waals surface area contributed by atoms with Gasteiger partial charge < -0.3 is 22.4 Å². The molecule has 0 fully saturated rings. The van der Waals surface area contributed by atoms with Crippen molar-refractivity contribution in [2.75, 3.05) is 0 Å². The normalized spacial score (nSPS) is 11.3. The Labute approximate surface area is 91.6 Å². The molecule has 0 rings (SSSR count). The second-order valence-electron chi connectivity index (χ2n) is 1.06. The molecule has 0 aliphatic rings. The molecule has 0 aromatic carbocycles. The molecule has 0 aromatic rings. The van der Waals surface area contributed by atoms with Crippen LogP contribution in [-0.4, -0.2) is 42.6 Å². The maximum absolute atomic E-state index is 9.63. The van der Waals surface area contributed by atoms with Gasteiger partial charge in [-0.2, -0.15) is 4.31 Å². The molecule has 0 aliphatic heterocycles. The van der Waals surface area contributed by atoms with Crippen LogP contribution in [0.25, 0.3) is 0 Å². The maximum atomic E-state index is 9.63. The smallest absolute Gasteiger partial charge is 1.00 e. The van der Waals surface area contributed by atoms with Crippen molar-refractivity contribution in [1.82, 2.24) is 0 Å². The summed E-state index contributed by atoms with van der Waals surface area (Å²) in [5.74, 6) is 0. The van der Waals surface area contributed by atoms with Gasteiger partial charge in [-0.15, -0.1) is 0 Å². The molecule has 11 heteroatoms. The summed E-state index contributed by atoms with van der Waals surface area (Å²) in [6.45, 7) is 0. The number of hydrogen-bond acceptors (Lipinski definition) is 3. The molecule has 0 saturated heterocycles. The summed E-state index contributed by atoms with van der Waals surface area (Å²) in [5, 5.41) is 0. The topological polar surface area (TPSA) is 124 Å². The third-order valence-electron chi connectivity index (χ3n) is 0.213. The van der Waals surface area contributed by atoms with E-state index in [0.717, 1.165) is 0 Å². The molecule has 0 heterocycles. The standard InChI is InChI=1S/Cu.Mg.H4O7P2.2H/c;;1-8(2,3)7-9(4,5)6;;/h;;(H2,1,2,3)(H2,4,5,6);;/q;+2;;2*-1. The van der Waals surface area contributed by atoms with Gasteiger partial charge in [-0.3, -0.25) is 0 Å². The fourth-order valence-corrected chi connectivity index (χ4v) is 1.25. The molecule has 0 saturated carbocycles. The van der Waals surface area contributed by atoms with Gasteiger partial charge in [-0.05, 0) is 0 Å². The van der Waals surface area contributed by atoms with E-state index in [1.165, 1.54) is 0 Å². The Balaban J connectivity index is -0.0000000533. The van der Waals surface area contributed by atoms with Crippen LogP contribution < -0.4 is 0 Å². The first-order valence-electron chi connectivity index (χ1n) is 1.53. The first-order chi connectivity index (χ1) is 3.71. The Morgan fingerprint density at radius 3 is 1.18 bits per heavy atom. The Morgan fingerprint density at radius 2 is 1.18 bits per heavy atom. The first-order valence-corrected chi connectivity index (χ1v) is 4.59. The van der Waals surface area contributed by atoms with Crippen molar-refractivity contribution in [3.8, 4) is 0 Å². The van der Waals surface area contributed by atoms with Crippen LogP contribution in [0.15, 0.2) is 0 Å². The average molecular weight is 268 g/mol. The van der Waals surface area contributed by atoms with Crippen LogP contribution >= 0.6 is 15.6 Å². The fraction of sp³-hybridized carbons (Fsp3) is 0. The summed E-state index contributed by atoms with van der Waals surface area (Å²) in [7, 11) is -10.1. The second-order valence-corrected chi connectivity index (χ2v) is 3.68. The minimum atomic E-state index is -5.05. The van der Waals surface area contributed by atoms with Crippen LogP contribution in [0.1, 0.15) is 2.85 Å². The van der Waals surface area contributed by atoms with E-state index in [-0.39, 0.29) is 43.0 Å². The quantitative estimate of drug-likeness (QED) is 0.375. The van der Waals surface area contributed by atoms with E-state index in [1.54, 1.807) is 0 Å². The van der Waals surface area contributed by atoms with Crippen LogP contribution in [0.4, 0.5) is 0 Å². The molecule has 4 N–H and O–H groups in total. The maximum Gasteiger partial charge on any atom is 2.00 e. The molecule has 0 amide bonds. The average Bonchev–Trinajstić information content (AvgIpc) is 1.14. The number of hydrogen-bond donors (Lipinski definition) is 4. The molecule has 7 nitrogen and oxygen atoms in total. The first kappa shape index (κ1) is 18.4. The van der Waals surface area contributed by atoms with Gasteiger partial charge in [0.05, 0.1) is 0 Å². The molecule has 11 heavy (non-hydrogen) atoms. The van der Waals surface area contributed by atoms with E-state index < -0.39 is 15.6 Å². The predicted molar refractivity (Wildman–Crippen MR) is 33.2 cm³/mol. The van der Waals surface area contributed by atoms with Gasteiger partial charge in [-0.25, -0.2) is 9.13 Å². The van der Waals surface area contributed by atoms with Crippen LogP contribution in [0.3, 0.4) is 0 Å². The molecule has 0 spiro atoms. The van der Waals surface area contributed by atoms with Crippen molar-refractivity contribution < 1.29 is 52.9 Å². The largest absolute Gasteiger partial charge is 2.00 e. The summed E-state index contributed by atoms with van der Waals surface area (Å²) in [5.41, 5.74) is 0. The van der Waals surface area contributed by atoms with Gasteiger partial charge in [-0.1, -0.05) is 0 Å². The van der Waals surface area contributed by atoms with Crippen molar-refractivity contribution in [3.05, 3.63) is 0 Å². The number of phosphoric acid groups is 2. The summed E-state index contributed by atoms with van der Waals surface area (Å²) in [4.78, 5) is 31.0. The van der Waals surface area contributed by atoms with Crippen molar-refractivity contribution in [1.29, 1.82) is 0 Å². The summed E-state index contributed by atoms with van der Waals surface area (Å²) < 4.78 is 22.2. The van der Waals surface area contributed by atoms with Crippen LogP contribution in [-0.2, 0) is 30.5 Å². The van der Waals surface area contributed by atoms with E-state index in [4.69, 9.17) is 19.6 Å². The molecular formula is H6CuMgO7P2. The third kappa shape index (κ3) is 18.5. The summed E-state index contributed by atoms with van der Waals surface area (Å²) in [6, 6.07) is 0. The van der Waals surface area contributed by atoms with Crippen molar-refractivity contribution >= 4 is 38.7 Å². The van der Waals surface area contributed by atoms with E-state index in [9.17, 15) is 9.13 Å². The number of rotatable bonds is 2. The zero-order valence-electron chi connectivity index (χ0n) is 6.92. The minimum absolute atomic E-state index is 0. The van der Waals surface area contributed by atoms with Gasteiger partial charge in [0.2, 0.25) is 0 Å². The Bertz CT molecular complexity index is 165. The van der Waals surface area contributed by atoms with Crippen molar-refractivity contribution in [2.45, 2.75) is 0 Å². The molecule has 0 aromatic heterocycles. The molecular weight excluding hydrogens is 262 g/mol. The van der Waals surface area contributed by atoms with Gasteiger partial charge in [0, 0.05) is 17.1 Å². The van der Waals surface area contributed by atoms with Crippen LogP contribution in [0.2, 0.25) is 0 Å². The zero-order valence-corrected chi connectivity index (χ0v) is 9.06. The zero-order chi connectivity index (χ0) is 7.71. The second kappa shape index (κ2) is 6.07. The molecule has 0 aliphatic carbocycles. The van der Waals surface area contributed by atoms with Gasteiger partial charge >= 0.3 is 38.7 Å². The Kier molecular flexibility index (Phi) is 10.1. The van der Waals surface area contributed by atoms with Crippen LogP contribution in [0, 0.1) is 0 Å². The summed E-state index contributed by atoms with van der Waals surface area (Å²) in [6.07, 6.45) is 0. The minimum Gasteiger partial charge on any atom is -1.00 e. The Morgan fingerprint density at radius 1 is 1.00 bits per heavy atom. The van der Waals surface area contributed by atoms with E-state index in [0.29, 0.717) is 0 Å². The van der Waals surface area contributed by atoms with Gasteiger partial charge in [0.15, 0.2) is 0 Å². The summed E-state index contributed by atoms with van der Waals surface area (Å²) >= 11 is 0. The van der Waals surface area contributed by atoms with E-state index in [2.05, 4.69) is 4.31 Å². The Hall–Kier alpha value is 1.55.